The summed E-state index contributed by atoms with van der Waals surface area (Å²) < 4.78 is 15.1. The molecule has 1 atom stereocenters. The van der Waals surface area contributed by atoms with Gasteiger partial charge in [-0.25, -0.2) is 0 Å². The van der Waals surface area contributed by atoms with E-state index in [-0.39, 0.29) is 0 Å². The van der Waals surface area contributed by atoms with Gasteiger partial charge in [0, 0.05) is 21.1 Å². The lowest BCUT2D eigenvalue weighted by atomic mass is 10.4. The molecular formula is C9H14O4S. The smallest absolute Gasteiger partial charge is 0.281 e. The zero-order valence-electron chi connectivity index (χ0n) is 8.39. The molecule has 0 aliphatic rings. The average molecular weight is 218 g/mol. The van der Waals surface area contributed by atoms with Crippen LogP contribution < -0.4 is 0 Å². The second kappa shape index (κ2) is 4.86. The molecule has 1 N–H and O–H groups in total. The third-order valence-electron chi connectivity index (χ3n) is 1.85. The summed E-state index contributed by atoms with van der Waals surface area (Å²) in [6, 6.07) is 3.62. The van der Waals surface area contributed by atoms with Crippen molar-refractivity contribution in [1.29, 1.82) is 0 Å². The lowest BCUT2D eigenvalue weighted by Crippen LogP contribution is -2.34. The first kappa shape index (κ1) is 11.6. The molecule has 80 valence electrons. The van der Waals surface area contributed by atoms with Gasteiger partial charge >= 0.3 is 0 Å². The van der Waals surface area contributed by atoms with Gasteiger partial charge in [0.25, 0.3) is 5.97 Å². The van der Waals surface area contributed by atoms with Crippen LogP contribution >= 0.6 is 11.3 Å². The maximum Gasteiger partial charge on any atom is 0.281 e. The van der Waals surface area contributed by atoms with E-state index in [2.05, 4.69) is 0 Å². The van der Waals surface area contributed by atoms with Crippen molar-refractivity contribution in [3.05, 3.63) is 22.4 Å². The number of aliphatic hydroxyl groups is 1. The number of ether oxygens (including phenoxy) is 3. The average Bonchev–Trinajstić information content (AvgIpc) is 2.70. The second-order valence-electron chi connectivity index (χ2n) is 2.76. The molecule has 0 radical (unpaired) electrons. The van der Waals surface area contributed by atoms with Gasteiger partial charge in [-0.15, -0.1) is 11.3 Å². The molecular weight excluding hydrogens is 204 g/mol. The highest BCUT2D eigenvalue weighted by Gasteiger charge is 2.28. The van der Waals surface area contributed by atoms with E-state index in [0.717, 1.165) is 0 Å². The number of hydrogen-bond acceptors (Lipinski definition) is 5. The molecule has 1 aromatic heterocycles. The molecule has 1 heterocycles. The van der Waals surface area contributed by atoms with Crippen molar-refractivity contribution >= 4 is 11.3 Å². The van der Waals surface area contributed by atoms with Crippen LogP contribution in [-0.4, -0.2) is 25.3 Å². The van der Waals surface area contributed by atoms with E-state index in [9.17, 15) is 5.11 Å². The Balaban J connectivity index is 2.60. The summed E-state index contributed by atoms with van der Waals surface area (Å²) >= 11 is 1.41. The minimum atomic E-state index is -1.22. The highest BCUT2D eigenvalue weighted by atomic mass is 32.1. The summed E-state index contributed by atoms with van der Waals surface area (Å²) in [5.74, 6) is -1.22. The minimum Gasteiger partial charge on any atom is -0.363 e. The number of methoxy groups -OCH3 is 2. The van der Waals surface area contributed by atoms with E-state index < -0.39 is 12.3 Å². The first-order chi connectivity index (χ1) is 6.61. The highest BCUT2D eigenvalue weighted by Crippen LogP contribution is 2.25. The fraction of sp³-hybridized carbons (Fsp3) is 0.556. The quantitative estimate of drug-likeness (QED) is 0.764. The topological polar surface area (TPSA) is 47.9 Å². The van der Waals surface area contributed by atoms with Gasteiger partial charge in [-0.3, -0.25) is 4.74 Å². The Kier molecular flexibility index (Phi) is 4.03. The fourth-order valence-corrected chi connectivity index (χ4v) is 1.51. The maximum atomic E-state index is 9.64. The number of rotatable bonds is 5. The third-order valence-corrected chi connectivity index (χ3v) is 2.76. The first-order valence-corrected chi connectivity index (χ1v) is 4.99. The normalized spacial score (nSPS) is 14.3. The molecule has 0 fully saturated rings. The van der Waals surface area contributed by atoms with Crippen molar-refractivity contribution in [2.75, 3.05) is 14.2 Å². The van der Waals surface area contributed by atoms with Gasteiger partial charge in [0.2, 0.25) is 0 Å². The molecule has 0 aromatic carbocycles. The lowest BCUT2D eigenvalue weighted by molar-refractivity contribution is -0.392. The molecule has 5 heteroatoms. The SMILES string of the molecule is COC(C)(OC)OC(O)c1cccs1. The number of hydrogen-bond donors (Lipinski definition) is 1. The predicted molar refractivity (Wildman–Crippen MR) is 52.8 cm³/mol. The molecule has 4 nitrogen and oxygen atoms in total. The molecule has 14 heavy (non-hydrogen) atoms. The standard InChI is InChI=1S/C9H14O4S/c1-9(11-2,12-3)13-8(10)7-5-4-6-14-7/h4-6,8,10H,1-3H3. The molecule has 0 amide bonds. The summed E-state index contributed by atoms with van der Waals surface area (Å²) in [7, 11) is 2.90. The van der Waals surface area contributed by atoms with Crippen LogP contribution in [0.5, 0.6) is 0 Å². The maximum absolute atomic E-state index is 9.64. The van der Waals surface area contributed by atoms with Gasteiger partial charge in [-0.1, -0.05) is 6.07 Å². The van der Waals surface area contributed by atoms with Crippen LogP contribution in [0, 0.1) is 0 Å². The molecule has 1 aromatic rings. The zero-order valence-corrected chi connectivity index (χ0v) is 9.21. The van der Waals surface area contributed by atoms with E-state index in [4.69, 9.17) is 14.2 Å². The molecule has 0 saturated carbocycles. The van der Waals surface area contributed by atoms with Crippen LogP contribution in [0.2, 0.25) is 0 Å². The van der Waals surface area contributed by atoms with Crippen LogP contribution in [0.15, 0.2) is 17.5 Å². The number of aliphatic hydroxyl groups excluding tert-OH is 1. The van der Waals surface area contributed by atoms with Gasteiger partial charge in [0.05, 0.1) is 4.88 Å². The Morgan fingerprint density at radius 3 is 2.50 bits per heavy atom. The third kappa shape index (κ3) is 2.76. The van der Waals surface area contributed by atoms with Gasteiger partial charge in [-0.2, -0.15) is 0 Å². The Morgan fingerprint density at radius 2 is 2.07 bits per heavy atom. The fourth-order valence-electron chi connectivity index (χ4n) is 0.872. The van der Waals surface area contributed by atoms with Crippen LogP contribution in [0.3, 0.4) is 0 Å². The molecule has 0 aliphatic carbocycles. The Labute approximate surface area is 87.0 Å². The van der Waals surface area contributed by atoms with Crippen molar-refractivity contribution in [3.8, 4) is 0 Å². The Bertz CT molecular complexity index is 256. The van der Waals surface area contributed by atoms with E-state index in [0.29, 0.717) is 4.88 Å². The molecule has 0 bridgehead atoms. The van der Waals surface area contributed by atoms with E-state index >= 15 is 0 Å². The van der Waals surface area contributed by atoms with Crippen molar-refractivity contribution in [1.82, 2.24) is 0 Å². The van der Waals surface area contributed by atoms with Crippen LogP contribution in [0.4, 0.5) is 0 Å². The molecule has 0 saturated heterocycles. The van der Waals surface area contributed by atoms with Gasteiger partial charge in [-0.05, 0) is 11.4 Å². The van der Waals surface area contributed by atoms with Crippen LogP contribution in [-0.2, 0) is 14.2 Å². The lowest BCUT2D eigenvalue weighted by Gasteiger charge is -2.28. The van der Waals surface area contributed by atoms with E-state index in [1.807, 2.05) is 11.4 Å². The molecule has 0 spiro atoms. The summed E-state index contributed by atoms with van der Waals surface area (Å²) in [6.45, 7) is 1.59. The monoisotopic (exact) mass is 218 g/mol. The summed E-state index contributed by atoms with van der Waals surface area (Å²) in [6.07, 6.45) is -1.03. The Morgan fingerprint density at radius 1 is 1.43 bits per heavy atom. The van der Waals surface area contributed by atoms with Crippen LogP contribution in [0.1, 0.15) is 18.1 Å². The predicted octanol–water partition coefficient (Wildman–Crippen LogP) is 1.72. The highest BCUT2D eigenvalue weighted by molar-refractivity contribution is 7.09. The molecule has 1 unspecified atom stereocenters. The Hall–Kier alpha value is -0.460. The molecule has 1 rings (SSSR count). The van der Waals surface area contributed by atoms with Gasteiger partial charge < -0.3 is 14.6 Å². The van der Waals surface area contributed by atoms with Crippen molar-refractivity contribution in [2.24, 2.45) is 0 Å². The van der Waals surface area contributed by atoms with Crippen molar-refractivity contribution in [2.45, 2.75) is 19.2 Å². The van der Waals surface area contributed by atoms with E-state index in [1.165, 1.54) is 25.6 Å². The summed E-state index contributed by atoms with van der Waals surface area (Å²) in [5.41, 5.74) is 0. The number of thiophene rings is 1. The second-order valence-corrected chi connectivity index (χ2v) is 3.74. The van der Waals surface area contributed by atoms with Crippen molar-refractivity contribution in [3.63, 3.8) is 0 Å². The van der Waals surface area contributed by atoms with E-state index in [1.54, 1.807) is 13.0 Å². The minimum absolute atomic E-state index is 0.713. The van der Waals surface area contributed by atoms with Gasteiger partial charge in [0.15, 0.2) is 6.29 Å². The summed E-state index contributed by atoms with van der Waals surface area (Å²) in [5, 5.41) is 11.5. The van der Waals surface area contributed by atoms with Crippen LogP contribution in [0.25, 0.3) is 0 Å². The zero-order chi connectivity index (χ0) is 10.6. The first-order valence-electron chi connectivity index (χ1n) is 4.11. The van der Waals surface area contributed by atoms with Crippen molar-refractivity contribution < 1.29 is 19.3 Å². The molecule has 0 aliphatic heterocycles. The largest absolute Gasteiger partial charge is 0.363 e. The summed E-state index contributed by atoms with van der Waals surface area (Å²) in [4.78, 5) is 0.713. The van der Waals surface area contributed by atoms with Gasteiger partial charge in [0.1, 0.15) is 0 Å².